The van der Waals surface area contributed by atoms with E-state index in [1.807, 2.05) is 27.7 Å². The molecule has 1 unspecified atom stereocenters. The van der Waals surface area contributed by atoms with Crippen molar-refractivity contribution in [3.8, 4) is 0 Å². The number of amides is 1. The number of benzene rings is 1. The van der Waals surface area contributed by atoms with E-state index in [4.69, 9.17) is 4.74 Å². The maximum absolute atomic E-state index is 13.5. The Kier molecular flexibility index (Phi) is 4.54. The SMILES string of the molecule is CC1(C)CC(NCC(=O)Nc2cc(F)ccc2F)C(C)(C)O1. The van der Waals surface area contributed by atoms with Crippen molar-refractivity contribution < 1.29 is 18.3 Å². The Balaban J connectivity index is 1.92. The summed E-state index contributed by atoms with van der Waals surface area (Å²) >= 11 is 0. The lowest BCUT2D eigenvalue weighted by Crippen LogP contribution is -2.46. The van der Waals surface area contributed by atoms with E-state index in [9.17, 15) is 13.6 Å². The van der Waals surface area contributed by atoms with Crippen molar-refractivity contribution in [2.75, 3.05) is 11.9 Å². The molecule has 4 nitrogen and oxygen atoms in total. The Morgan fingerprint density at radius 1 is 1.32 bits per heavy atom. The van der Waals surface area contributed by atoms with Crippen molar-refractivity contribution >= 4 is 11.6 Å². The molecule has 0 radical (unpaired) electrons. The molecule has 6 heteroatoms. The van der Waals surface area contributed by atoms with Crippen LogP contribution in [0, 0.1) is 11.6 Å². The predicted octanol–water partition coefficient (Wildman–Crippen LogP) is 2.84. The number of halogens is 2. The molecule has 2 N–H and O–H groups in total. The zero-order valence-electron chi connectivity index (χ0n) is 13.3. The molecule has 122 valence electrons. The molecular weight excluding hydrogens is 290 g/mol. The summed E-state index contributed by atoms with van der Waals surface area (Å²) in [6.07, 6.45) is 0.765. The van der Waals surface area contributed by atoms with Gasteiger partial charge < -0.3 is 15.4 Å². The van der Waals surface area contributed by atoms with Gasteiger partial charge in [-0.2, -0.15) is 0 Å². The molecule has 22 heavy (non-hydrogen) atoms. The molecule has 1 fully saturated rings. The Bertz CT molecular complexity index is 573. The van der Waals surface area contributed by atoms with E-state index in [-0.39, 0.29) is 23.9 Å². The minimum Gasteiger partial charge on any atom is -0.368 e. The van der Waals surface area contributed by atoms with Crippen LogP contribution in [0.3, 0.4) is 0 Å². The van der Waals surface area contributed by atoms with Gasteiger partial charge in [-0.25, -0.2) is 8.78 Å². The monoisotopic (exact) mass is 312 g/mol. The van der Waals surface area contributed by atoms with Crippen LogP contribution < -0.4 is 10.6 Å². The van der Waals surface area contributed by atoms with Gasteiger partial charge in [0, 0.05) is 12.1 Å². The number of nitrogens with one attached hydrogen (secondary N) is 2. The fraction of sp³-hybridized carbons (Fsp3) is 0.562. The second kappa shape index (κ2) is 5.93. The van der Waals surface area contributed by atoms with E-state index in [0.717, 1.165) is 24.6 Å². The van der Waals surface area contributed by atoms with Crippen LogP contribution >= 0.6 is 0 Å². The van der Waals surface area contributed by atoms with Crippen molar-refractivity contribution in [1.29, 1.82) is 0 Å². The van der Waals surface area contributed by atoms with Gasteiger partial charge in [-0.3, -0.25) is 4.79 Å². The highest BCUT2D eigenvalue weighted by molar-refractivity contribution is 5.92. The minimum absolute atomic E-state index is 0.00346. The summed E-state index contributed by atoms with van der Waals surface area (Å²) < 4.78 is 32.5. The quantitative estimate of drug-likeness (QED) is 0.899. The molecule has 1 aliphatic heterocycles. The highest BCUT2D eigenvalue weighted by Gasteiger charge is 2.45. The molecule has 1 aliphatic rings. The molecule has 1 atom stereocenters. The summed E-state index contributed by atoms with van der Waals surface area (Å²) in [5.41, 5.74) is -0.811. The van der Waals surface area contributed by atoms with Gasteiger partial charge in [0.1, 0.15) is 11.6 Å². The van der Waals surface area contributed by atoms with Gasteiger partial charge >= 0.3 is 0 Å². The van der Waals surface area contributed by atoms with Gasteiger partial charge in [0.15, 0.2) is 0 Å². The summed E-state index contributed by atoms with van der Waals surface area (Å²) in [5.74, 6) is -1.69. The predicted molar refractivity (Wildman–Crippen MR) is 80.6 cm³/mol. The van der Waals surface area contributed by atoms with Crippen LogP contribution in [0.4, 0.5) is 14.5 Å². The maximum Gasteiger partial charge on any atom is 0.238 e. The summed E-state index contributed by atoms with van der Waals surface area (Å²) in [4.78, 5) is 11.9. The maximum atomic E-state index is 13.5. The standard InChI is InChI=1S/C16H22F2N2O2/c1-15(2)8-13(16(3,4)22-15)19-9-14(21)20-12-7-10(17)5-6-11(12)18/h5-7,13,19H,8-9H2,1-4H3,(H,20,21). The first-order valence-electron chi connectivity index (χ1n) is 7.27. The zero-order chi connectivity index (χ0) is 16.5. The Labute approximate surface area is 129 Å². The molecule has 1 aromatic rings. The van der Waals surface area contributed by atoms with E-state index < -0.39 is 23.1 Å². The first-order valence-corrected chi connectivity index (χ1v) is 7.27. The molecule has 0 spiro atoms. The molecule has 0 saturated carbocycles. The highest BCUT2D eigenvalue weighted by Crippen LogP contribution is 2.37. The van der Waals surface area contributed by atoms with Crippen LogP contribution in [0.25, 0.3) is 0 Å². The molecule has 0 bridgehead atoms. The number of carbonyl (C=O) groups is 1. The number of carbonyl (C=O) groups excluding carboxylic acids is 1. The van der Waals surface area contributed by atoms with E-state index >= 15 is 0 Å². The average molecular weight is 312 g/mol. The zero-order valence-corrected chi connectivity index (χ0v) is 13.3. The Morgan fingerprint density at radius 2 is 2.00 bits per heavy atom. The van der Waals surface area contributed by atoms with E-state index in [2.05, 4.69) is 10.6 Å². The van der Waals surface area contributed by atoms with Crippen molar-refractivity contribution in [3.05, 3.63) is 29.8 Å². The number of hydrogen-bond acceptors (Lipinski definition) is 3. The molecule has 2 rings (SSSR count). The van der Waals surface area contributed by atoms with E-state index in [1.165, 1.54) is 0 Å². The van der Waals surface area contributed by atoms with Crippen LogP contribution in [0.15, 0.2) is 18.2 Å². The second-order valence-corrected chi connectivity index (χ2v) is 6.78. The topological polar surface area (TPSA) is 50.4 Å². The Hall–Kier alpha value is -1.53. The minimum atomic E-state index is -0.666. The Morgan fingerprint density at radius 3 is 2.59 bits per heavy atom. The third-order valence-corrected chi connectivity index (χ3v) is 3.79. The van der Waals surface area contributed by atoms with Gasteiger partial charge in [-0.1, -0.05) is 0 Å². The number of rotatable bonds is 4. The van der Waals surface area contributed by atoms with Gasteiger partial charge in [-0.15, -0.1) is 0 Å². The number of anilines is 1. The van der Waals surface area contributed by atoms with Crippen molar-refractivity contribution in [1.82, 2.24) is 5.32 Å². The van der Waals surface area contributed by atoms with Gasteiger partial charge in [-0.05, 0) is 46.2 Å². The molecule has 0 aromatic heterocycles. The second-order valence-electron chi connectivity index (χ2n) is 6.78. The fourth-order valence-corrected chi connectivity index (χ4v) is 2.88. The summed E-state index contributed by atoms with van der Waals surface area (Å²) in [6, 6.07) is 2.95. The lowest BCUT2D eigenvalue weighted by molar-refractivity contribution is -0.115. The summed E-state index contributed by atoms with van der Waals surface area (Å²) in [6.45, 7) is 7.92. The molecule has 1 aromatic carbocycles. The molecule has 1 heterocycles. The summed E-state index contributed by atoms with van der Waals surface area (Å²) in [5, 5.41) is 5.49. The number of hydrogen-bond donors (Lipinski definition) is 2. The van der Waals surface area contributed by atoms with Crippen molar-refractivity contribution in [2.24, 2.45) is 0 Å². The van der Waals surface area contributed by atoms with Crippen LogP contribution in [0.1, 0.15) is 34.1 Å². The largest absolute Gasteiger partial charge is 0.368 e. The van der Waals surface area contributed by atoms with E-state index in [0.29, 0.717) is 0 Å². The number of ether oxygens (including phenoxy) is 1. The molecule has 0 aliphatic carbocycles. The van der Waals surface area contributed by atoms with Gasteiger partial charge in [0.2, 0.25) is 5.91 Å². The highest BCUT2D eigenvalue weighted by atomic mass is 19.1. The van der Waals surface area contributed by atoms with Crippen LogP contribution in [0.2, 0.25) is 0 Å². The molecule has 1 amide bonds. The summed E-state index contributed by atoms with van der Waals surface area (Å²) in [7, 11) is 0. The first-order chi connectivity index (χ1) is 10.1. The molecular formula is C16H22F2N2O2. The van der Waals surface area contributed by atoms with Crippen molar-refractivity contribution in [3.63, 3.8) is 0 Å². The van der Waals surface area contributed by atoms with Crippen LogP contribution in [-0.2, 0) is 9.53 Å². The van der Waals surface area contributed by atoms with Crippen LogP contribution in [0.5, 0.6) is 0 Å². The van der Waals surface area contributed by atoms with Crippen molar-refractivity contribution in [2.45, 2.75) is 51.4 Å². The third-order valence-electron chi connectivity index (χ3n) is 3.79. The fourth-order valence-electron chi connectivity index (χ4n) is 2.88. The van der Waals surface area contributed by atoms with Gasteiger partial charge in [0.25, 0.3) is 0 Å². The lowest BCUT2D eigenvalue weighted by atomic mass is 9.94. The average Bonchev–Trinajstić information content (AvgIpc) is 2.59. The normalized spacial score (nSPS) is 22.5. The first kappa shape index (κ1) is 16.8. The smallest absolute Gasteiger partial charge is 0.238 e. The van der Waals surface area contributed by atoms with Crippen LogP contribution in [-0.4, -0.2) is 29.7 Å². The third kappa shape index (κ3) is 4.01. The van der Waals surface area contributed by atoms with Gasteiger partial charge in [0.05, 0.1) is 23.4 Å². The van der Waals surface area contributed by atoms with E-state index in [1.54, 1.807) is 0 Å². The molecule has 1 saturated heterocycles. The lowest BCUT2D eigenvalue weighted by Gasteiger charge is -2.27.